The fourth-order valence-electron chi connectivity index (χ4n) is 1.58. The van der Waals surface area contributed by atoms with Crippen molar-refractivity contribution < 1.29 is 9.90 Å². The van der Waals surface area contributed by atoms with Crippen LogP contribution >= 0.6 is 11.6 Å². The lowest BCUT2D eigenvalue weighted by molar-refractivity contribution is -0.137. The van der Waals surface area contributed by atoms with E-state index >= 15 is 0 Å². The third-order valence-corrected chi connectivity index (χ3v) is 2.66. The van der Waals surface area contributed by atoms with E-state index in [0.717, 1.165) is 11.3 Å². The smallest absolute Gasteiger partial charge is 0.304 e. The zero-order chi connectivity index (χ0) is 11.7. The highest BCUT2D eigenvalue weighted by Crippen LogP contribution is 2.20. The summed E-state index contributed by atoms with van der Waals surface area (Å²) in [5.41, 5.74) is 1.50. The van der Waals surface area contributed by atoms with E-state index in [1.165, 1.54) is 0 Å². The predicted octanol–water partition coefficient (Wildman–Crippen LogP) is 2.57. The van der Waals surface area contributed by atoms with E-state index in [2.05, 4.69) is 4.98 Å². The van der Waals surface area contributed by atoms with Gasteiger partial charge in [0.2, 0.25) is 0 Å². The molecule has 16 heavy (non-hydrogen) atoms. The van der Waals surface area contributed by atoms with Gasteiger partial charge in [0.1, 0.15) is 5.65 Å². The molecule has 0 aliphatic carbocycles. The number of halogens is 1. The summed E-state index contributed by atoms with van der Waals surface area (Å²) in [5, 5.41) is 9.33. The first kappa shape index (κ1) is 11.0. The van der Waals surface area contributed by atoms with Gasteiger partial charge in [0.15, 0.2) is 0 Å². The van der Waals surface area contributed by atoms with Crippen LogP contribution in [0.2, 0.25) is 5.02 Å². The van der Waals surface area contributed by atoms with Crippen LogP contribution in [0.4, 0.5) is 0 Å². The van der Waals surface area contributed by atoms with Crippen LogP contribution in [-0.2, 0) is 4.79 Å². The molecular weight excluding hydrogens is 228 g/mol. The Morgan fingerprint density at radius 2 is 2.44 bits per heavy atom. The van der Waals surface area contributed by atoms with Gasteiger partial charge in [-0.15, -0.1) is 0 Å². The van der Waals surface area contributed by atoms with Crippen LogP contribution in [0.5, 0.6) is 0 Å². The van der Waals surface area contributed by atoms with Gasteiger partial charge in [-0.05, 0) is 12.1 Å². The van der Waals surface area contributed by atoms with Gasteiger partial charge < -0.3 is 9.51 Å². The number of aliphatic carboxylic acids is 1. The summed E-state index contributed by atoms with van der Waals surface area (Å²) in [5.74, 6) is -0.918. The van der Waals surface area contributed by atoms with Crippen molar-refractivity contribution in [3.05, 3.63) is 35.2 Å². The number of rotatable bonds is 3. The average Bonchev–Trinajstić information content (AvgIpc) is 2.59. The highest BCUT2D eigenvalue weighted by molar-refractivity contribution is 6.30. The van der Waals surface area contributed by atoms with Crippen molar-refractivity contribution in [3.63, 3.8) is 0 Å². The second-order valence-electron chi connectivity index (χ2n) is 3.78. The SMILES string of the molecule is CC(CC(=O)O)c1cn2ccc(Cl)cc2n1. The quantitative estimate of drug-likeness (QED) is 0.894. The molecular formula is C11H11ClN2O2. The topological polar surface area (TPSA) is 54.6 Å². The largest absolute Gasteiger partial charge is 0.481 e. The summed E-state index contributed by atoms with van der Waals surface area (Å²) in [7, 11) is 0. The molecule has 2 aromatic heterocycles. The maximum Gasteiger partial charge on any atom is 0.304 e. The number of nitrogens with zero attached hydrogens (tertiary/aromatic N) is 2. The van der Waals surface area contributed by atoms with Gasteiger partial charge in [-0.1, -0.05) is 18.5 Å². The van der Waals surface area contributed by atoms with Crippen molar-refractivity contribution in [2.45, 2.75) is 19.3 Å². The van der Waals surface area contributed by atoms with Crippen LogP contribution in [0.25, 0.3) is 5.65 Å². The molecule has 5 heteroatoms. The second-order valence-corrected chi connectivity index (χ2v) is 4.21. The van der Waals surface area contributed by atoms with Crippen molar-refractivity contribution in [3.8, 4) is 0 Å². The van der Waals surface area contributed by atoms with E-state index in [1.54, 1.807) is 12.1 Å². The number of aromatic nitrogens is 2. The standard InChI is InChI=1S/C11H11ClN2O2/c1-7(4-11(15)16)9-6-14-3-2-8(12)5-10(14)13-9/h2-3,5-7H,4H2,1H3,(H,15,16). The van der Waals surface area contributed by atoms with Gasteiger partial charge in [0.25, 0.3) is 0 Å². The minimum atomic E-state index is -0.817. The Morgan fingerprint density at radius 1 is 1.69 bits per heavy atom. The molecule has 0 radical (unpaired) electrons. The maximum atomic E-state index is 10.6. The first-order valence-electron chi connectivity index (χ1n) is 4.92. The molecule has 0 aromatic carbocycles. The number of hydrogen-bond acceptors (Lipinski definition) is 2. The lowest BCUT2D eigenvalue weighted by Gasteiger charge is -2.02. The molecule has 0 fully saturated rings. The summed E-state index contributed by atoms with van der Waals surface area (Å²) < 4.78 is 1.83. The molecule has 0 saturated heterocycles. The van der Waals surface area contributed by atoms with Crippen molar-refractivity contribution in [2.24, 2.45) is 0 Å². The summed E-state index contributed by atoms with van der Waals surface area (Å²) in [6.45, 7) is 1.84. The summed E-state index contributed by atoms with van der Waals surface area (Å²) >= 11 is 5.84. The van der Waals surface area contributed by atoms with Crippen LogP contribution in [-0.4, -0.2) is 20.5 Å². The van der Waals surface area contributed by atoms with Crippen molar-refractivity contribution in [1.82, 2.24) is 9.38 Å². The van der Waals surface area contributed by atoms with E-state index in [-0.39, 0.29) is 12.3 Å². The van der Waals surface area contributed by atoms with E-state index in [4.69, 9.17) is 16.7 Å². The Hall–Kier alpha value is -1.55. The molecule has 2 heterocycles. The number of hydrogen-bond donors (Lipinski definition) is 1. The monoisotopic (exact) mass is 238 g/mol. The van der Waals surface area contributed by atoms with Crippen LogP contribution in [0.3, 0.4) is 0 Å². The number of carboxylic acids is 1. The van der Waals surface area contributed by atoms with Gasteiger partial charge in [-0.25, -0.2) is 4.98 Å². The maximum absolute atomic E-state index is 10.6. The fraction of sp³-hybridized carbons (Fsp3) is 0.273. The zero-order valence-corrected chi connectivity index (χ0v) is 9.48. The Kier molecular flexibility index (Phi) is 2.83. The number of fused-ring (bicyclic) bond motifs is 1. The Balaban J connectivity index is 2.35. The molecule has 1 atom stereocenters. The zero-order valence-electron chi connectivity index (χ0n) is 8.72. The third kappa shape index (κ3) is 2.17. The fourth-order valence-corrected chi connectivity index (χ4v) is 1.73. The van der Waals surface area contributed by atoms with Gasteiger partial charge >= 0.3 is 5.97 Å². The number of carboxylic acid groups (broad SMARTS) is 1. The minimum absolute atomic E-state index is 0.0810. The third-order valence-electron chi connectivity index (χ3n) is 2.43. The predicted molar refractivity (Wildman–Crippen MR) is 60.9 cm³/mol. The Bertz CT molecular complexity index is 536. The average molecular weight is 239 g/mol. The number of pyridine rings is 1. The highest BCUT2D eigenvalue weighted by Gasteiger charge is 2.13. The van der Waals surface area contributed by atoms with Crippen LogP contribution in [0, 0.1) is 0 Å². The first-order valence-corrected chi connectivity index (χ1v) is 5.30. The van der Waals surface area contributed by atoms with Crippen molar-refractivity contribution >= 4 is 23.2 Å². The molecule has 2 aromatic rings. The lowest BCUT2D eigenvalue weighted by Crippen LogP contribution is -2.02. The second kappa shape index (κ2) is 4.14. The molecule has 1 unspecified atom stereocenters. The van der Waals surface area contributed by atoms with Crippen molar-refractivity contribution in [2.75, 3.05) is 0 Å². The molecule has 0 aliphatic rings. The first-order chi connectivity index (χ1) is 7.56. The van der Waals surface area contributed by atoms with Gasteiger partial charge in [0.05, 0.1) is 12.1 Å². The van der Waals surface area contributed by atoms with Crippen molar-refractivity contribution in [1.29, 1.82) is 0 Å². The summed E-state index contributed by atoms with van der Waals surface area (Å²) in [6.07, 6.45) is 3.72. The van der Waals surface area contributed by atoms with E-state index in [0.29, 0.717) is 5.02 Å². The normalized spacial score (nSPS) is 12.9. The van der Waals surface area contributed by atoms with Crippen LogP contribution in [0.1, 0.15) is 25.0 Å². The van der Waals surface area contributed by atoms with E-state index in [1.807, 2.05) is 23.7 Å². The lowest BCUT2D eigenvalue weighted by atomic mass is 10.1. The highest BCUT2D eigenvalue weighted by atomic mass is 35.5. The molecule has 0 spiro atoms. The van der Waals surface area contributed by atoms with E-state index < -0.39 is 5.97 Å². The Morgan fingerprint density at radius 3 is 3.12 bits per heavy atom. The summed E-state index contributed by atoms with van der Waals surface area (Å²) in [4.78, 5) is 14.9. The molecule has 0 bridgehead atoms. The molecule has 84 valence electrons. The van der Waals surface area contributed by atoms with E-state index in [9.17, 15) is 4.79 Å². The minimum Gasteiger partial charge on any atom is -0.481 e. The molecule has 0 saturated carbocycles. The molecule has 1 N–H and O–H groups in total. The van der Waals surface area contributed by atoms with Crippen LogP contribution < -0.4 is 0 Å². The van der Waals surface area contributed by atoms with Gasteiger partial charge in [0, 0.05) is 23.3 Å². The molecule has 4 nitrogen and oxygen atoms in total. The van der Waals surface area contributed by atoms with Gasteiger partial charge in [-0.2, -0.15) is 0 Å². The molecule has 0 amide bonds. The Labute approximate surface area is 97.5 Å². The van der Waals surface area contributed by atoms with Gasteiger partial charge in [-0.3, -0.25) is 4.79 Å². The number of imidazole rings is 1. The molecule has 2 rings (SSSR count). The molecule has 0 aliphatic heterocycles. The number of carbonyl (C=O) groups is 1. The summed E-state index contributed by atoms with van der Waals surface area (Å²) in [6, 6.07) is 3.51. The van der Waals surface area contributed by atoms with Crippen LogP contribution in [0.15, 0.2) is 24.5 Å².